The van der Waals surface area contributed by atoms with Crippen molar-refractivity contribution in [1.29, 1.82) is 0 Å². The molecule has 0 saturated carbocycles. The van der Waals surface area contributed by atoms with Gasteiger partial charge in [-0.2, -0.15) is 5.10 Å². The van der Waals surface area contributed by atoms with E-state index in [1.165, 1.54) is 0 Å². The Morgan fingerprint density at radius 1 is 0.939 bits per heavy atom. The van der Waals surface area contributed by atoms with Crippen LogP contribution in [0, 0.1) is 0 Å². The maximum Gasteiger partial charge on any atom is 0.270 e. The normalized spacial score (nSPS) is 10.6. The van der Waals surface area contributed by atoms with Crippen molar-refractivity contribution in [2.45, 2.75) is 6.42 Å². The average molecular weight is 462 g/mol. The van der Waals surface area contributed by atoms with E-state index in [4.69, 9.17) is 21.1 Å². The van der Waals surface area contributed by atoms with E-state index in [0.29, 0.717) is 46.6 Å². The largest absolute Gasteiger partial charge is 0.493 e. The molecule has 0 aliphatic rings. The van der Waals surface area contributed by atoms with Gasteiger partial charge in [-0.05, 0) is 42.3 Å². The first-order chi connectivity index (χ1) is 16.1. The summed E-state index contributed by atoms with van der Waals surface area (Å²) in [5, 5.41) is 8.19. The maximum atomic E-state index is 13.1. The standard InChI is InChI=1S/C26H24ClN3O3/c1-32-24-13-12-18(16-25(24)33-2)14-15-28-26(31)23-17-21(19-8-4-3-5-9-19)29-30(23)22-11-7-6-10-20(22)27/h3-13,16-17H,14-15H2,1-2H3,(H,28,31). The molecule has 0 bridgehead atoms. The summed E-state index contributed by atoms with van der Waals surface area (Å²) >= 11 is 6.41. The molecule has 4 rings (SSSR count). The summed E-state index contributed by atoms with van der Waals surface area (Å²) in [6.07, 6.45) is 0.637. The molecule has 0 atom stereocenters. The molecule has 1 heterocycles. The van der Waals surface area contributed by atoms with Gasteiger partial charge in [-0.3, -0.25) is 4.79 Å². The Bertz CT molecular complexity index is 1250. The number of hydrogen-bond acceptors (Lipinski definition) is 4. The molecule has 33 heavy (non-hydrogen) atoms. The quantitative estimate of drug-likeness (QED) is 0.392. The molecule has 7 heteroatoms. The molecule has 1 amide bonds. The molecular formula is C26H24ClN3O3. The van der Waals surface area contributed by atoms with Crippen LogP contribution in [-0.2, 0) is 6.42 Å². The van der Waals surface area contributed by atoms with E-state index in [0.717, 1.165) is 11.1 Å². The number of ether oxygens (including phenoxy) is 2. The Labute approximate surface area is 197 Å². The molecule has 1 aromatic heterocycles. The highest BCUT2D eigenvalue weighted by atomic mass is 35.5. The van der Waals surface area contributed by atoms with Crippen LogP contribution in [0.4, 0.5) is 0 Å². The molecule has 6 nitrogen and oxygen atoms in total. The molecular weight excluding hydrogens is 438 g/mol. The predicted octanol–water partition coefficient (Wildman–Crippen LogP) is 5.18. The zero-order valence-electron chi connectivity index (χ0n) is 18.4. The van der Waals surface area contributed by atoms with Crippen molar-refractivity contribution >= 4 is 17.5 Å². The van der Waals surface area contributed by atoms with Crippen molar-refractivity contribution in [2.24, 2.45) is 0 Å². The summed E-state index contributed by atoms with van der Waals surface area (Å²) in [7, 11) is 3.20. The molecule has 1 N–H and O–H groups in total. The van der Waals surface area contributed by atoms with E-state index < -0.39 is 0 Å². The second-order valence-electron chi connectivity index (χ2n) is 7.34. The second-order valence-corrected chi connectivity index (χ2v) is 7.75. The minimum Gasteiger partial charge on any atom is -0.493 e. The van der Waals surface area contributed by atoms with Crippen LogP contribution >= 0.6 is 11.6 Å². The van der Waals surface area contributed by atoms with Gasteiger partial charge in [0.2, 0.25) is 0 Å². The highest BCUT2D eigenvalue weighted by Crippen LogP contribution is 2.28. The number of nitrogens with one attached hydrogen (secondary N) is 1. The van der Waals surface area contributed by atoms with Crippen molar-refractivity contribution in [3.63, 3.8) is 0 Å². The fourth-order valence-electron chi connectivity index (χ4n) is 3.55. The van der Waals surface area contributed by atoms with E-state index in [-0.39, 0.29) is 5.91 Å². The number of rotatable bonds is 8. The molecule has 0 saturated heterocycles. The molecule has 4 aromatic rings. The summed E-state index contributed by atoms with van der Waals surface area (Å²) < 4.78 is 12.2. The first-order valence-electron chi connectivity index (χ1n) is 10.5. The average Bonchev–Trinajstić information content (AvgIpc) is 3.30. The third kappa shape index (κ3) is 5.02. The number of halogens is 1. The van der Waals surface area contributed by atoms with Gasteiger partial charge in [0.05, 0.1) is 30.6 Å². The van der Waals surface area contributed by atoms with Gasteiger partial charge in [0.1, 0.15) is 5.69 Å². The van der Waals surface area contributed by atoms with Crippen molar-refractivity contribution in [3.8, 4) is 28.4 Å². The van der Waals surface area contributed by atoms with Crippen LogP contribution in [0.5, 0.6) is 11.5 Å². The first kappa shape index (κ1) is 22.4. The second kappa shape index (κ2) is 10.2. The topological polar surface area (TPSA) is 65.4 Å². The fourth-order valence-corrected chi connectivity index (χ4v) is 3.76. The summed E-state index contributed by atoms with van der Waals surface area (Å²) in [6.45, 7) is 0.447. The number of carbonyl (C=O) groups excluding carboxylic acids is 1. The van der Waals surface area contributed by atoms with Crippen molar-refractivity contribution < 1.29 is 14.3 Å². The van der Waals surface area contributed by atoms with Crippen molar-refractivity contribution in [2.75, 3.05) is 20.8 Å². The third-order valence-corrected chi connectivity index (χ3v) is 5.56. The smallest absolute Gasteiger partial charge is 0.270 e. The zero-order chi connectivity index (χ0) is 23.2. The predicted molar refractivity (Wildman–Crippen MR) is 130 cm³/mol. The van der Waals surface area contributed by atoms with E-state index in [2.05, 4.69) is 10.4 Å². The monoisotopic (exact) mass is 461 g/mol. The van der Waals surface area contributed by atoms with Gasteiger partial charge in [0.15, 0.2) is 11.5 Å². The molecule has 0 aliphatic carbocycles. The van der Waals surface area contributed by atoms with Crippen molar-refractivity contribution in [3.05, 3.63) is 95.1 Å². The summed E-state index contributed by atoms with van der Waals surface area (Å²) in [5.41, 5.74) is 3.70. The van der Waals surface area contributed by atoms with Crippen LogP contribution in [0.3, 0.4) is 0 Å². The van der Waals surface area contributed by atoms with Gasteiger partial charge in [-0.15, -0.1) is 0 Å². The Hall–Kier alpha value is -3.77. The number of aromatic nitrogens is 2. The van der Waals surface area contributed by atoms with Gasteiger partial charge in [0.25, 0.3) is 5.91 Å². The van der Waals surface area contributed by atoms with E-state index in [1.807, 2.05) is 66.7 Å². The first-order valence-corrected chi connectivity index (χ1v) is 10.9. The SMILES string of the molecule is COc1ccc(CCNC(=O)c2cc(-c3ccccc3)nn2-c2ccccc2Cl)cc1OC. The summed E-state index contributed by atoms with van der Waals surface area (Å²) in [4.78, 5) is 13.1. The van der Waals surface area contributed by atoms with Crippen LogP contribution in [-0.4, -0.2) is 36.5 Å². The molecule has 0 fully saturated rings. The minimum absolute atomic E-state index is 0.231. The van der Waals surface area contributed by atoms with Gasteiger partial charge in [0, 0.05) is 12.1 Å². The number of para-hydroxylation sites is 1. The van der Waals surface area contributed by atoms with Crippen LogP contribution < -0.4 is 14.8 Å². The third-order valence-electron chi connectivity index (χ3n) is 5.24. The summed E-state index contributed by atoms with van der Waals surface area (Å²) in [6, 6.07) is 24.6. The number of amides is 1. The summed E-state index contributed by atoms with van der Waals surface area (Å²) in [5.74, 6) is 1.10. The lowest BCUT2D eigenvalue weighted by atomic mass is 10.1. The number of hydrogen-bond donors (Lipinski definition) is 1. The molecule has 0 spiro atoms. The van der Waals surface area contributed by atoms with E-state index >= 15 is 0 Å². The van der Waals surface area contributed by atoms with Gasteiger partial charge < -0.3 is 14.8 Å². The zero-order valence-corrected chi connectivity index (χ0v) is 19.2. The lowest BCUT2D eigenvalue weighted by molar-refractivity contribution is 0.0946. The van der Waals surface area contributed by atoms with Gasteiger partial charge in [-0.1, -0.05) is 60.1 Å². The van der Waals surface area contributed by atoms with Crippen LogP contribution in [0.25, 0.3) is 16.9 Å². The van der Waals surface area contributed by atoms with Crippen molar-refractivity contribution in [1.82, 2.24) is 15.1 Å². The Kier molecular flexibility index (Phi) is 6.95. The van der Waals surface area contributed by atoms with Crippen LogP contribution in [0.2, 0.25) is 5.02 Å². The Morgan fingerprint density at radius 2 is 1.67 bits per heavy atom. The highest BCUT2D eigenvalue weighted by Gasteiger charge is 2.19. The number of benzene rings is 3. The molecule has 0 aliphatic heterocycles. The Balaban J connectivity index is 1.56. The molecule has 0 radical (unpaired) electrons. The van der Waals surface area contributed by atoms with Gasteiger partial charge in [-0.25, -0.2) is 4.68 Å². The van der Waals surface area contributed by atoms with Crippen LogP contribution in [0.15, 0.2) is 78.9 Å². The lowest BCUT2D eigenvalue weighted by Crippen LogP contribution is -2.28. The maximum absolute atomic E-state index is 13.1. The molecule has 0 unspecified atom stereocenters. The van der Waals surface area contributed by atoms with E-state index in [9.17, 15) is 4.79 Å². The lowest BCUT2D eigenvalue weighted by Gasteiger charge is -2.11. The van der Waals surface area contributed by atoms with Crippen LogP contribution in [0.1, 0.15) is 16.1 Å². The van der Waals surface area contributed by atoms with E-state index in [1.54, 1.807) is 31.0 Å². The number of carbonyl (C=O) groups is 1. The Morgan fingerprint density at radius 3 is 2.39 bits per heavy atom. The molecule has 168 valence electrons. The number of nitrogens with zero attached hydrogens (tertiary/aromatic N) is 2. The molecule has 3 aromatic carbocycles. The fraction of sp³-hybridized carbons (Fsp3) is 0.154. The van der Waals surface area contributed by atoms with Gasteiger partial charge >= 0.3 is 0 Å². The minimum atomic E-state index is -0.231. The number of methoxy groups -OCH3 is 2. The highest BCUT2D eigenvalue weighted by molar-refractivity contribution is 6.32.